The van der Waals surface area contributed by atoms with E-state index in [-0.39, 0.29) is 50.1 Å². The number of rotatable bonds is 35. The number of hydrogen-bond donors (Lipinski definition) is 3. The highest BCUT2D eigenvalue weighted by atomic mass is 31.2. The molecule has 3 N–H and O–H groups in total. The number of carbonyl (C=O) groups is 3. The number of quaternary nitrogens is 1. The lowest BCUT2D eigenvalue weighted by Crippen LogP contribution is -2.37. The number of phosphoric acid groups is 1. The number of ether oxygens (including phenoxy) is 2. The smallest absolute Gasteiger partial charge is 0.462 e. The number of esters is 2. The van der Waals surface area contributed by atoms with Gasteiger partial charge in [-0.3, -0.25) is 23.4 Å². The van der Waals surface area contributed by atoms with E-state index in [1.54, 1.807) is 12.2 Å². The number of aliphatic hydroxyl groups excluding tert-OH is 2. The molecule has 0 aromatic rings. The minimum Gasteiger partial charge on any atom is -0.462 e. The van der Waals surface area contributed by atoms with Crippen molar-refractivity contribution in [3.05, 3.63) is 60.8 Å². The van der Waals surface area contributed by atoms with Gasteiger partial charge in [-0.15, -0.1) is 0 Å². The summed E-state index contributed by atoms with van der Waals surface area (Å²) in [6.45, 7) is 3.91. The number of phosphoric ester groups is 1. The molecule has 12 nitrogen and oxygen atoms in total. The Bertz CT molecular complexity index is 1350. The average molecular weight is 853 g/mol. The standard InChI is InChI=1S/C46H78NO11P/c1-6-8-10-11-12-13-14-15-16-17-18-19-20-21-27-31-46(52)58-40(38-57-59(53,54)56-35-34-47(3,4)5)37-55-45(51)30-26-23-22-25-29-41-42(44(50)36-43(41)49)33-32-39(48)28-24-9-7-2/h12-13,15-16,18-19,22,25,32-33,39-42,44,48,50H,6-11,14,17,20-21,23-24,26-31,34-38H2,1-5H3/p+1/b13-12-,16-15-,19-18-,25-22-,33-32+/t39-,40+,41+,42+,44+/m0/s1. The highest BCUT2D eigenvalue weighted by molar-refractivity contribution is 7.47. The van der Waals surface area contributed by atoms with E-state index in [0.29, 0.717) is 43.1 Å². The molecule has 0 aromatic heterocycles. The van der Waals surface area contributed by atoms with Crippen molar-refractivity contribution in [2.24, 2.45) is 11.8 Å². The molecule has 338 valence electrons. The van der Waals surface area contributed by atoms with Crippen molar-refractivity contribution in [1.82, 2.24) is 0 Å². The summed E-state index contributed by atoms with van der Waals surface area (Å²) in [4.78, 5) is 48.1. The first-order chi connectivity index (χ1) is 28.2. The first-order valence-corrected chi connectivity index (χ1v) is 23.6. The summed E-state index contributed by atoms with van der Waals surface area (Å²) < 4.78 is 34.1. The molecule has 1 fully saturated rings. The van der Waals surface area contributed by atoms with E-state index >= 15 is 0 Å². The van der Waals surface area contributed by atoms with Crippen LogP contribution in [0, 0.1) is 11.8 Å². The van der Waals surface area contributed by atoms with Gasteiger partial charge < -0.3 is 29.1 Å². The van der Waals surface area contributed by atoms with E-state index < -0.39 is 44.7 Å². The molecule has 1 aliphatic carbocycles. The minimum atomic E-state index is -4.45. The highest BCUT2D eigenvalue weighted by Crippen LogP contribution is 2.43. The van der Waals surface area contributed by atoms with Crippen LogP contribution in [0.25, 0.3) is 0 Å². The molecule has 6 atom stereocenters. The van der Waals surface area contributed by atoms with Gasteiger partial charge in [-0.25, -0.2) is 4.57 Å². The number of aliphatic hydroxyl groups is 2. The van der Waals surface area contributed by atoms with E-state index in [2.05, 4.69) is 50.3 Å². The van der Waals surface area contributed by atoms with Crippen molar-refractivity contribution in [1.29, 1.82) is 0 Å². The molecule has 13 heteroatoms. The Morgan fingerprint density at radius 2 is 1.39 bits per heavy atom. The van der Waals surface area contributed by atoms with Gasteiger partial charge in [0, 0.05) is 31.1 Å². The van der Waals surface area contributed by atoms with Gasteiger partial charge in [0.2, 0.25) is 0 Å². The van der Waals surface area contributed by atoms with E-state index in [4.69, 9.17) is 18.5 Å². The Kier molecular flexibility index (Phi) is 30.4. The van der Waals surface area contributed by atoms with Crippen molar-refractivity contribution >= 4 is 25.5 Å². The van der Waals surface area contributed by atoms with Crippen LogP contribution in [0.4, 0.5) is 0 Å². The predicted octanol–water partition coefficient (Wildman–Crippen LogP) is 9.05. The SMILES string of the molecule is CCCCC/C=C\C/C=C\C/C=C\CCCCC(=O)O[C@H](COC(=O)CCC/C=C\C[C@H]1C(=O)C[C@@H](O)[C@@H]1/C=C/[C@@H](O)CCCCC)COP(=O)(O)OCC[N+](C)(C)C. The molecule has 0 bridgehead atoms. The van der Waals surface area contributed by atoms with Crippen LogP contribution in [-0.4, -0.2) is 103 Å². The molecule has 0 amide bonds. The van der Waals surface area contributed by atoms with Crippen LogP contribution < -0.4 is 0 Å². The lowest BCUT2D eigenvalue weighted by molar-refractivity contribution is -0.870. The lowest BCUT2D eigenvalue weighted by atomic mass is 9.90. The molecule has 0 heterocycles. The number of nitrogens with zero attached hydrogens (tertiary/aromatic N) is 1. The molecule has 1 unspecified atom stereocenters. The maximum Gasteiger partial charge on any atom is 0.472 e. The molecule has 1 saturated carbocycles. The van der Waals surface area contributed by atoms with Crippen LogP contribution in [-0.2, 0) is 37.5 Å². The van der Waals surface area contributed by atoms with Gasteiger partial charge in [-0.05, 0) is 70.6 Å². The molecule has 0 spiro atoms. The Morgan fingerprint density at radius 3 is 2.05 bits per heavy atom. The van der Waals surface area contributed by atoms with E-state index in [1.807, 2.05) is 33.3 Å². The molecule has 1 rings (SSSR count). The second kappa shape index (κ2) is 33.0. The summed E-state index contributed by atoms with van der Waals surface area (Å²) in [6.07, 6.45) is 32.1. The number of likely N-dealkylation sites (N-methyl/N-ethyl adjacent to an activating group) is 1. The lowest BCUT2D eigenvalue weighted by Gasteiger charge is -2.24. The molecule has 0 radical (unpaired) electrons. The maximum absolute atomic E-state index is 12.7. The van der Waals surface area contributed by atoms with Crippen LogP contribution in [0.5, 0.6) is 0 Å². The van der Waals surface area contributed by atoms with Crippen molar-refractivity contribution < 1.29 is 57.1 Å². The van der Waals surface area contributed by atoms with Gasteiger partial charge in [-0.2, -0.15) is 0 Å². The first-order valence-electron chi connectivity index (χ1n) is 22.1. The van der Waals surface area contributed by atoms with Crippen molar-refractivity contribution in [3.8, 4) is 0 Å². The Labute approximate surface area is 356 Å². The second-order valence-corrected chi connectivity index (χ2v) is 18.0. The molecular formula is C46H79NO11P+. The van der Waals surface area contributed by atoms with Gasteiger partial charge in [0.1, 0.15) is 25.5 Å². The van der Waals surface area contributed by atoms with Crippen LogP contribution in [0.3, 0.4) is 0 Å². The highest BCUT2D eigenvalue weighted by Gasteiger charge is 2.39. The van der Waals surface area contributed by atoms with Gasteiger partial charge >= 0.3 is 19.8 Å². The van der Waals surface area contributed by atoms with Crippen LogP contribution in [0.2, 0.25) is 0 Å². The topological polar surface area (TPSA) is 166 Å². The van der Waals surface area contributed by atoms with Crippen molar-refractivity contribution in [3.63, 3.8) is 0 Å². The van der Waals surface area contributed by atoms with E-state index in [9.17, 15) is 34.1 Å². The normalized spacial score (nSPS) is 19.8. The fourth-order valence-electron chi connectivity index (χ4n) is 6.29. The maximum atomic E-state index is 12.7. The summed E-state index contributed by atoms with van der Waals surface area (Å²) in [7, 11) is 1.29. The van der Waals surface area contributed by atoms with Gasteiger partial charge in [-0.1, -0.05) is 107 Å². The predicted molar refractivity (Wildman–Crippen MR) is 234 cm³/mol. The Balaban J connectivity index is 2.55. The second-order valence-electron chi connectivity index (χ2n) is 16.5. The first kappa shape index (κ1) is 54.3. The molecule has 0 aromatic carbocycles. The zero-order valence-corrected chi connectivity index (χ0v) is 37.8. The van der Waals surface area contributed by atoms with E-state index in [0.717, 1.165) is 51.4 Å². The zero-order valence-electron chi connectivity index (χ0n) is 36.9. The van der Waals surface area contributed by atoms with Gasteiger partial charge in [0.15, 0.2) is 6.10 Å². The molecular weight excluding hydrogens is 773 g/mol. The Morgan fingerprint density at radius 1 is 0.797 bits per heavy atom. The third-order valence-electron chi connectivity index (χ3n) is 9.89. The fourth-order valence-corrected chi connectivity index (χ4v) is 7.04. The number of ketones is 1. The summed E-state index contributed by atoms with van der Waals surface area (Å²) in [6, 6.07) is 0. The minimum absolute atomic E-state index is 0.00322. The number of hydrogen-bond acceptors (Lipinski definition) is 10. The summed E-state index contributed by atoms with van der Waals surface area (Å²) in [5.74, 6) is -1.77. The van der Waals surface area contributed by atoms with E-state index in [1.165, 1.54) is 19.3 Å². The third-order valence-corrected chi connectivity index (χ3v) is 10.9. The number of Topliss-reactive ketones (excluding diaryl/α,β-unsaturated/α-hetero) is 1. The third kappa shape index (κ3) is 30.1. The largest absolute Gasteiger partial charge is 0.472 e. The van der Waals surface area contributed by atoms with Crippen LogP contribution in [0.1, 0.15) is 136 Å². The van der Waals surface area contributed by atoms with Crippen LogP contribution in [0.15, 0.2) is 60.8 Å². The zero-order chi connectivity index (χ0) is 43.8. The quantitative estimate of drug-likeness (QED) is 0.0183. The fraction of sp³-hybridized carbons (Fsp3) is 0.717. The van der Waals surface area contributed by atoms with Crippen molar-refractivity contribution in [2.45, 2.75) is 154 Å². The molecule has 59 heavy (non-hydrogen) atoms. The van der Waals surface area contributed by atoms with Crippen LogP contribution >= 0.6 is 7.82 Å². The molecule has 1 aliphatic rings. The van der Waals surface area contributed by atoms with Crippen molar-refractivity contribution in [2.75, 3.05) is 47.5 Å². The Hall–Kier alpha value is -2.70. The summed E-state index contributed by atoms with van der Waals surface area (Å²) in [5.41, 5.74) is 0. The summed E-state index contributed by atoms with van der Waals surface area (Å²) >= 11 is 0. The molecule has 0 aliphatic heterocycles. The number of carbonyl (C=O) groups excluding carboxylic acids is 3. The summed E-state index contributed by atoms with van der Waals surface area (Å²) in [5, 5.41) is 20.7. The monoisotopic (exact) mass is 853 g/mol. The molecule has 0 saturated heterocycles. The average Bonchev–Trinajstić information content (AvgIpc) is 3.44. The van der Waals surface area contributed by atoms with Gasteiger partial charge in [0.25, 0.3) is 0 Å². The number of unbranched alkanes of at least 4 members (excludes halogenated alkanes) is 8. The van der Waals surface area contributed by atoms with Gasteiger partial charge in [0.05, 0.1) is 40.0 Å². The number of allylic oxidation sites excluding steroid dienone is 8.